The van der Waals surface area contributed by atoms with Crippen LogP contribution in [0.4, 0.5) is 16.2 Å². The number of hydrogen-bond donors (Lipinski definition) is 3. The smallest absolute Gasteiger partial charge is 0.407 e. The quantitative estimate of drug-likeness (QED) is 0.714. The van der Waals surface area contributed by atoms with Gasteiger partial charge in [-0.05, 0) is 45.7 Å². The first-order valence-corrected chi connectivity index (χ1v) is 9.54. The predicted molar refractivity (Wildman–Crippen MR) is 110 cm³/mol. The van der Waals surface area contributed by atoms with E-state index in [-0.39, 0.29) is 11.9 Å². The van der Waals surface area contributed by atoms with Gasteiger partial charge in [0.05, 0.1) is 12.8 Å². The lowest BCUT2D eigenvalue weighted by Crippen LogP contribution is -2.50. The highest BCUT2D eigenvalue weighted by Crippen LogP contribution is 2.34. The van der Waals surface area contributed by atoms with Gasteiger partial charge in [-0.25, -0.2) is 4.79 Å². The van der Waals surface area contributed by atoms with Gasteiger partial charge in [0.2, 0.25) is 0 Å². The molecule has 1 aliphatic heterocycles. The molecule has 0 spiro atoms. The average Bonchev–Trinajstić information content (AvgIpc) is 2.64. The Balaban J connectivity index is 2.12. The third kappa shape index (κ3) is 5.43. The van der Waals surface area contributed by atoms with Crippen LogP contribution in [0, 0.1) is 0 Å². The van der Waals surface area contributed by atoms with Crippen molar-refractivity contribution in [2.75, 3.05) is 44.9 Å². The molecule has 1 heterocycles. The lowest BCUT2D eigenvalue weighted by Gasteiger charge is -2.34. The molecule has 8 heteroatoms. The van der Waals surface area contributed by atoms with Crippen LogP contribution < -0.4 is 20.7 Å². The summed E-state index contributed by atoms with van der Waals surface area (Å²) in [4.78, 5) is 26.9. The van der Waals surface area contributed by atoms with Crippen molar-refractivity contribution in [2.45, 2.75) is 45.3 Å². The first-order valence-electron chi connectivity index (χ1n) is 9.54. The Bertz CT molecular complexity index is 690. The molecule has 0 bridgehead atoms. The van der Waals surface area contributed by atoms with Gasteiger partial charge in [-0.15, -0.1) is 0 Å². The van der Waals surface area contributed by atoms with Crippen LogP contribution in [-0.2, 0) is 4.74 Å². The van der Waals surface area contributed by atoms with Crippen LogP contribution in [0.15, 0.2) is 12.1 Å². The van der Waals surface area contributed by atoms with E-state index >= 15 is 0 Å². The van der Waals surface area contributed by atoms with Gasteiger partial charge in [-0.1, -0.05) is 0 Å². The van der Waals surface area contributed by atoms with Crippen molar-refractivity contribution in [2.24, 2.45) is 0 Å². The Labute approximate surface area is 166 Å². The number of likely N-dealkylation sites (tertiary alicyclic amines) is 1. The predicted octanol–water partition coefficient (Wildman–Crippen LogP) is 2.91. The third-order valence-corrected chi connectivity index (χ3v) is 4.52. The van der Waals surface area contributed by atoms with E-state index in [0.717, 1.165) is 24.2 Å². The fourth-order valence-electron chi connectivity index (χ4n) is 3.29. The lowest BCUT2D eigenvalue weighted by atomic mass is 10.0. The summed E-state index contributed by atoms with van der Waals surface area (Å²) in [6.45, 7) is 6.57. The second-order valence-corrected chi connectivity index (χ2v) is 7.84. The van der Waals surface area contributed by atoms with Gasteiger partial charge in [0.1, 0.15) is 17.0 Å². The first kappa shape index (κ1) is 21.7. The van der Waals surface area contributed by atoms with Crippen LogP contribution in [0.5, 0.6) is 5.75 Å². The lowest BCUT2D eigenvalue weighted by molar-refractivity contribution is 0.0452. The minimum Gasteiger partial charge on any atom is -0.494 e. The van der Waals surface area contributed by atoms with Crippen molar-refractivity contribution in [1.29, 1.82) is 0 Å². The van der Waals surface area contributed by atoms with Crippen LogP contribution >= 0.6 is 0 Å². The van der Waals surface area contributed by atoms with Crippen molar-refractivity contribution < 1.29 is 19.1 Å². The molecule has 0 aromatic heterocycles. The van der Waals surface area contributed by atoms with Crippen LogP contribution in [0.25, 0.3) is 0 Å². The van der Waals surface area contributed by atoms with E-state index in [1.165, 1.54) is 0 Å². The summed E-state index contributed by atoms with van der Waals surface area (Å²) >= 11 is 0. The SMILES string of the molecule is CNc1cc(C(=O)N2CCC[C@@H](NC(=O)OC(C)(C)C)C2)cc(OC)c1NC. The maximum Gasteiger partial charge on any atom is 0.407 e. The summed E-state index contributed by atoms with van der Waals surface area (Å²) < 4.78 is 10.8. The van der Waals surface area contributed by atoms with Crippen molar-refractivity contribution in [3.63, 3.8) is 0 Å². The molecule has 2 amide bonds. The van der Waals surface area contributed by atoms with E-state index < -0.39 is 11.7 Å². The van der Waals surface area contributed by atoms with E-state index in [4.69, 9.17) is 9.47 Å². The molecule has 1 fully saturated rings. The molecular formula is C20H32N4O4. The monoisotopic (exact) mass is 392 g/mol. The summed E-state index contributed by atoms with van der Waals surface area (Å²) in [6, 6.07) is 3.41. The van der Waals surface area contributed by atoms with Crippen molar-refractivity contribution >= 4 is 23.4 Å². The molecule has 0 unspecified atom stereocenters. The van der Waals surface area contributed by atoms with Gasteiger partial charge in [0.15, 0.2) is 0 Å². The number of amides is 2. The minimum absolute atomic E-state index is 0.0897. The summed E-state index contributed by atoms with van der Waals surface area (Å²) in [7, 11) is 5.18. The number of benzene rings is 1. The molecule has 1 aliphatic rings. The number of anilines is 2. The average molecular weight is 393 g/mol. The fourth-order valence-corrected chi connectivity index (χ4v) is 3.29. The molecule has 1 aromatic carbocycles. The van der Waals surface area contributed by atoms with Gasteiger partial charge in [0, 0.05) is 38.8 Å². The van der Waals surface area contributed by atoms with Crippen LogP contribution in [0.3, 0.4) is 0 Å². The van der Waals surface area contributed by atoms with E-state index in [1.807, 2.05) is 26.8 Å². The van der Waals surface area contributed by atoms with Crippen LogP contribution in [0.1, 0.15) is 44.0 Å². The summed E-state index contributed by atoms with van der Waals surface area (Å²) in [5.41, 5.74) is 1.57. The van der Waals surface area contributed by atoms with Gasteiger partial charge >= 0.3 is 6.09 Å². The molecule has 8 nitrogen and oxygen atoms in total. The Hall–Kier alpha value is -2.64. The molecule has 156 valence electrons. The zero-order valence-electron chi connectivity index (χ0n) is 17.6. The molecule has 1 saturated heterocycles. The number of methoxy groups -OCH3 is 1. The number of piperidine rings is 1. The fraction of sp³-hybridized carbons (Fsp3) is 0.600. The third-order valence-electron chi connectivity index (χ3n) is 4.52. The van der Waals surface area contributed by atoms with E-state index in [9.17, 15) is 9.59 Å². The summed E-state index contributed by atoms with van der Waals surface area (Å²) in [5, 5.41) is 9.05. The largest absolute Gasteiger partial charge is 0.494 e. The molecule has 3 N–H and O–H groups in total. The van der Waals surface area contributed by atoms with Gasteiger partial charge in [-0.2, -0.15) is 0 Å². The van der Waals surface area contributed by atoms with Crippen molar-refractivity contribution in [3.05, 3.63) is 17.7 Å². The Morgan fingerprint density at radius 1 is 1.18 bits per heavy atom. The molecule has 1 atom stereocenters. The van der Waals surface area contributed by atoms with E-state index in [2.05, 4.69) is 16.0 Å². The van der Waals surface area contributed by atoms with Gasteiger partial charge < -0.3 is 30.3 Å². The second kappa shape index (κ2) is 9.03. The van der Waals surface area contributed by atoms with E-state index in [1.54, 1.807) is 32.2 Å². The summed E-state index contributed by atoms with van der Waals surface area (Å²) in [6.07, 6.45) is 1.17. The van der Waals surface area contributed by atoms with Crippen LogP contribution in [0.2, 0.25) is 0 Å². The molecule has 2 rings (SSSR count). The standard InChI is InChI=1S/C20H32N4O4/c1-20(2,3)28-19(26)23-14-8-7-9-24(12-14)18(25)13-10-15(21-4)17(22-5)16(11-13)27-6/h10-11,14,21-22H,7-9,12H2,1-6H3,(H,23,26)/t14-/m1/s1. The van der Waals surface area contributed by atoms with Crippen LogP contribution in [-0.4, -0.2) is 62.8 Å². The second-order valence-electron chi connectivity index (χ2n) is 7.84. The molecule has 1 aromatic rings. The molecular weight excluding hydrogens is 360 g/mol. The van der Waals surface area contributed by atoms with E-state index in [0.29, 0.717) is 24.4 Å². The Morgan fingerprint density at radius 2 is 1.89 bits per heavy atom. The number of alkyl carbamates (subject to hydrolysis) is 1. The Morgan fingerprint density at radius 3 is 2.46 bits per heavy atom. The highest BCUT2D eigenvalue weighted by Gasteiger charge is 2.28. The molecule has 28 heavy (non-hydrogen) atoms. The number of rotatable bonds is 5. The van der Waals surface area contributed by atoms with Crippen molar-refractivity contribution in [1.82, 2.24) is 10.2 Å². The molecule has 0 saturated carbocycles. The molecule has 0 radical (unpaired) electrons. The zero-order valence-corrected chi connectivity index (χ0v) is 17.6. The maximum absolute atomic E-state index is 13.1. The maximum atomic E-state index is 13.1. The summed E-state index contributed by atoms with van der Waals surface area (Å²) in [5.74, 6) is 0.506. The van der Waals surface area contributed by atoms with Gasteiger partial charge in [-0.3, -0.25) is 4.79 Å². The zero-order chi connectivity index (χ0) is 20.9. The highest BCUT2D eigenvalue weighted by molar-refractivity contribution is 5.97. The number of hydrogen-bond acceptors (Lipinski definition) is 6. The number of nitrogens with one attached hydrogen (secondary N) is 3. The minimum atomic E-state index is -0.552. The molecule has 0 aliphatic carbocycles. The van der Waals surface area contributed by atoms with Gasteiger partial charge in [0.25, 0.3) is 5.91 Å². The highest BCUT2D eigenvalue weighted by atomic mass is 16.6. The number of nitrogens with zero attached hydrogens (tertiary/aromatic N) is 1. The number of carbonyl (C=O) groups excluding carboxylic acids is 2. The number of carbonyl (C=O) groups is 2. The topological polar surface area (TPSA) is 91.9 Å². The number of ether oxygens (including phenoxy) is 2. The first-order chi connectivity index (χ1) is 13.2. The Kier molecular flexibility index (Phi) is 6.99. The normalized spacial score (nSPS) is 16.9. The van der Waals surface area contributed by atoms with Crippen molar-refractivity contribution in [3.8, 4) is 5.75 Å².